The summed E-state index contributed by atoms with van der Waals surface area (Å²) in [6.45, 7) is 0.127. The molecule has 1 aromatic carbocycles. The van der Waals surface area contributed by atoms with Gasteiger partial charge in [-0.25, -0.2) is 8.78 Å². The van der Waals surface area contributed by atoms with Gasteiger partial charge in [0.1, 0.15) is 23.4 Å². The number of aliphatic carboxylic acids is 1. The van der Waals surface area contributed by atoms with E-state index in [1.54, 1.807) is 12.1 Å². The number of furan rings is 1. The molecule has 1 aromatic heterocycles. The molecule has 6 nitrogen and oxygen atoms in total. The van der Waals surface area contributed by atoms with Gasteiger partial charge in [0, 0.05) is 6.07 Å². The average Bonchev–Trinajstić information content (AvgIpc) is 2.99. The van der Waals surface area contributed by atoms with Crippen LogP contribution in [0.25, 0.3) is 0 Å². The van der Waals surface area contributed by atoms with E-state index in [1.165, 1.54) is 6.26 Å². The maximum atomic E-state index is 13.4. The van der Waals surface area contributed by atoms with Gasteiger partial charge in [-0.2, -0.15) is 0 Å². The Balaban J connectivity index is 1.93. The number of carboxylic acid groups (broad SMARTS) is 1. The van der Waals surface area contributed by atoms with Crippen molar-refractivity contribution in [3.63, 3.8) is 0 Å². The van der Waals surface area contributed by atoms with Crippen molar-refractivity contribution in [2.24, 2.45) is 0 Å². The summed E-state index contributed by atoms with van der Waals surface area (Å²) >= 11 is 0. The van der Waals surface area contributed by atoms with E-state index >= 15 is 0 Å². The van der Waals surface area contributed by atoms with Crippen LogP contribution < -0.4 is 10.6 Å². The number of rotatable bonds is 7. The van der Waals surface area contributed by atoms with E-state index in [0.717, 1.165) is 12.1 Å². The van der Waals surface area contributed by atoms with Gasteiger partial charge in [0.25, 0.3) is 0 Å². The van der Waals surface area contributed by atoms with E-state index in [2.05, 4.69) is 10.6 Å². The number of carbonyl (C=O) groups excluding carboxylic acids is 1. The van der Waals surface area contributed by atoms with Crippen molar-refractivity contribution < 1.29 is 27.9 Å². The molecule has 1 heterocycles. The average molecular weight is 324 g/mol. The lowest BCUT2D eigenvalue weighted by Crippen LogP contribution is -2.39. The second-order valence-electron chi connectivity index (χ2n) is 4.73. The molecule has 2 rings (SSSR count). The van der Waals surface area contributed by atoms with E-state index in [0.29, 0.717) is 11.8 Å². The first-order chi connectivity index (χ1) is 11.0. The summed E-state index contributed by atoms with van der Waals surface area (Å²) in [7, 11) is 0. The molecule has 0 unspecified atom stereocenters. The van der Waals surface area contributed by atoms with Crippen molar-refractivity contribution in [2.75, 3.05) is 5.32 Å². The highest BCUT2D eigenvalue weighted by molar-refractivity contribution is 5.94. The quantitative estimate of drug-likeness (QED) is 0.726. The van der Waals surface area contributed by atoms with E-state index in [4.69, 9.17) is 9.52 Å². The molecular weight excluding hydrogens is 310 g/mol. The van der Waals surface area contributed by atoms with Crippen LogP contribution in [0.4, 0.5) is 14.5 Å². The van der Waals surface area contributed by atoms with Crippen molar-refractivity contribution in [2.45, 2.75) is 19.0 Å². The highest BCUT2D eigenvalue weighted by Crippen LogP contribution is 2.15. The largest absolute Gasteiger partial charge is 0.480 e. The summed E-state index contributed by atoms with van der Waals surface area (Å²) in [5, 5.41) is 14.0. The van der Waals surface area contributed by atoms with Gasteiger partial charge in [-0.05, 0) is 24.3 Å². The second-order valence-corrected chi connectivity index (χ2v) is 4.73. The van der Waals surface area contributed by atoms with Crippen LogP contribution in [0.3, 0.4) is 0 Å². The Morgan fingerprint density at radius 2 is 2.04 bits per heavy atom. The van der Waals surface area contributed by atoms with Crippen LogP contribution in [-0.4, -0.2) is 23.0 Å². The summed E-state index contributed by atoms with van der Waals surface area (Å²) in [6, 6.07) is 4.80. The predicted octanol–water partition coefficient (Wildman–Crippen LogP) is 2.13. The molecule has 122 valence electrons. The fourth-order valence-corrected chi connectivity index (χ4v) is 1.86. The molecule has 0 saturated heterocycles. The van der Waals surface area contributed by atoms with Crippen LogP contribution in [0.1, 0.15) is 12.2 Å². The SMILES string of the molecule is O=C(C[C@@H](NCc1ccco1)C(=O)O)Nc1ccc(F)cc1F. The van der Waals surface area contributed by atoms with Crippen molar-refractivity contribution in [1.82, 2.24) is 5.32 Å². The lowest BCUT2D eigenvalue weighted by atomic mass is 10.2. The van der Waals surface area contributed by atoms with Gasteiger partial charge >= 0.3 is 5.97 Å². The first kappa shape index (κ1) is 16.6. The number of hydrogen-bond donors (Lipinski definition) is 3. The summed E-state index contributed by atoms with van der Waals surface area (Å²) in [5.74, 6) is -3.14. The fraction of sp³-hybridized carbons (Fsp3) is 0.200. The van der Waals surface area contributed by atoms with Crippen LogP contribution in [0, 0.1) is 11.6 Å². The summed E-state index contributed by atoms with van der Waals surface area (Å²) in [6.07, 6.45) is 1.02. The monoisotopic (exact) mass is 324 g/mol. The molecule has 0 spiro atoms. The minimum Gasteiger partial charge on any atom is -0.480 e. The molecule has 0 aliphatic carbocycles. The number of benzene rings is 1. The molecule has 0 aliphatic rings. The molecule has 1 atom stereocenters. The fourth-order valence-electron chi connectivity index (χ4n) is 1.86. The highest BCUT2D eigenvalue weighted by Gasteiger charge is 2.21. The van der Waals surface area contributed by atoms with Crippen LogP contribution in [0.5, 0.6) is 0 Å². The van der Waals surface area contributed by atoms with Crippen molar-refractivity contribution in [3.8, 4) is 0 Å². The molecule has 3 N–H and O–H groups in total. The van der Waals surface area contributed by atoms with Gasteiger partial charge in [-0.15, -0.1) is 0 Å². The number of halogens is 2. The van der Waals surface area contributed by atoms with E-state index in [9.17, 15) is 18.4 Å². The third kappa shape index (κ3) is 4.89. The first-order valence-electron chi connectivity index (χ1n) is 6.69. The minimum absolute atomic E-state index is 0.127. The van der Waals surface area contributed by atoms with Gasteiger partial charge in [-0.1, -0.05) is 0 Å². The van der Waals surface area contributed by atoms with Crippen LogP contribution in [0.15, 0.2) is 41.0 Å². The molecule has 1 amide bonds. The Labute approximate surface area is 130 Å². The number of nitrogens with one attached hydrogen (secondary N) is 2. The zero-order chi connectivity index (χ0) is 16.8. The molecule has 0 radical (unpaired) electrons. The van der Waals surface area contributed by atoms with Gasteiger partial charge in [0.2, 0.25) is 5.91 Å². The Hall–Kier alpha value is -2.74. The van der Waals surface area contributed by atoms with Gasteiger partial charge in [0.15, 0.2) is 0 Å². The summed E-state index contributed by atoms with van der Waals surface area (Å²) < 4.78 is 31.3. The molecule has 0 aliphatic heterocycles. The Morgan fingerprint density at radius 1 is 1.26 bits per heavy atom. The molecule has 0 bridgehead atoms. The standard InChI is InChI=1S/C15H14F2N2O4/c16-9-3-4-12(11(17)6-9)19-14(20)7-13(15(21)22)18-8-10-2-1-5-23-10/h1-6,13,18H,7-8H2,(H,19,20)(H,21,22)/t13-/m1/s1. The van der Waals surface area contributed by atoms with Crippen molar-refractivity contribution in [3.05, 3.63) is 54.0 Å². The number of hydrogen-bond acceptors (Lipinski definition) is 4. The Morgan fingerprint density at radius 3 is 2.65 bits per heavy atom. The smallest absolute Gasteiger partial charge is 0.321 e. The predicted molar refractivity (Wildman–Crippen MR) is 76.6 cm³/mol. The molecule has 0 saturated carbocycles. The number of carbonyl (C=O) groups is 2. The zero-order valence-corrected chi connectivity index (χ0v) is 11.9. The van der Waals surface area contributed by atoms with Crippen LogP contribution in [-0.2, 0) is 16.1 Å². The van der Waals surface area contributed by atoms with Gasteiger partial charge < -0.3 is 14.8 Å². The lowest BCUT2D eigenvalue weighted by Gasteiger charge is -2.14. The normalized spacial score (nSPS) is 11.9. The van der Waals surface area contributed by atoms with E-state index in [1.807, 2.05) is 0 Å². The molecule has 2 aromatic rings. The van der Waals surface area contributed by atoms with Crippen LogP contribution in [0.2, 0.25) is 0 Å². The second kappa shape index (κ2) is 7.50. The summed E-state index contributed by atoms with van der Waals surface area (Å²) in [4.78, 5) is 23.0. The maximum absolute atomic E-state index is 13.4. The molecule has 0 fully saturated rings. The maximum Gasteiger partial charge on any atom is 0.321 e. The number of carboxylic acids is 1. The Kier molecular flexibility index (Phi) is 5.42. The molecule has 23 heavy (non-hydrogen) atoms. The van der Waals surface area contributed by atoms with Crippen molar-refractivity contribution >= 4 is 17.6 Å². The number of anilines is 1. The third-order valence-electron chi connectivity index (χ3n) is 3.00. The topological polar surface area (TPSA) is 91.6 Å². The van der Waals surface area contributed by atoms with E-state index < -0.39 is 36.0 Å². The lowest BCUT2D eigenvalue weighted by molar-refractivity contribution is -0.141. The zero-order valence-electron chi connectivity index (χ0n) is 11.9. The minimum atomic E-state index is -1.23. The highest BCUT2D eigenvalue weighted by atomic mass is 19.1. The van der Waals surface area contributed by atoms with E-state index in [-0.39, 0.29) is 12.2 Å². The first-order valence-corrected chi connectivity index (χ1v) is 6.69. The van der Waals surface area contributed by atoms with Gasteiger partial charge in [0.05, 0.1) is 24.9 Å². The van der Waals surface area contributed by atoms with Gasteiger partial charge in [-0.3, -0.25) is 14.9 Å². The van der Waals surface area contributed by atoms with Crippen molar-refractivity contribution in [1.29, 1.82) is 0 Å². The molecular formula is C15H14F2N2O4. The molecule has 8 heteroatoms. The Bertz CT molecular complexity index is 689. The summed E-state index contributed by atoms with van der Waals surface area (Å²) in [5.41, 5.74) is -0.216. The van der Waals surface area contributed by atoms with Crippen LogP contribution >= 0.6 is 0 Å². The number of amides is 1. The third-order valence-corrected chi connectivity index (χ3v) is 3.00.